The first-order valence-corrected chi connectivity index (χ1v) is 10.7. The van der Waals surface area contributed by atoms with E-state index in [1.165, 1.54) is 42.6 Å². The van der Waals surface area contributed by atoms with E-state index in [-0.39, 0.29) is 16.9 Å². The van der Waals surface area contributed by atoms with Gasteiger partial charge in [0.25, 0.3) is 0 Å². The molecule has 0 saturated carbocycles. The number of carboxylic acid groups (broad SMARTS) is 1. The number of hydrogen-bond acceptors (Lipinski definition) is 6. The third-order valence-corrected chi connectivity index (χ3v) is 5.48. The molecule has 0 aliphatic carbocycles. The second kappa shape index (κ2) is 10.7. The third-order valence-electron chi connectivity index (χ3n) is 5.48. The Kier molecular flexibility index (Phi) is 7.78. The molecule has 1 aliphatic rings. The number of aryl methyl sites for hydroxylation is 1. The first-order chi connectivity index (χ1) is 15.0. The molecule has 31 heavy (non-hydrogen) atoms. The molecule has 164 valence electrons. The molecular weight excluding hydrogens is 396 g/mol. The number of benzene rings is 1. The summed E-state index contributed by atoms with van der Waals surface area (Å²) in [5.41, 5.74) is 2.16. The molecule has 0 amide bonds. The van der Waals surface area contributed by atoms with Crippen molar-refractivity contribution in [1.29, 1.82) is 0 Å². The molecule has 2 aromatic heterocycles. The first kappa shape index (κ1) is 22.5. The van der Waals surface area contributed by atoms with Gasteiger partial charge in [0.05, 0.1) is 24.6 Å². The van der Waals surface area contributed by atoms with Crippen LogP contribution in [0.3, 0.4) is 0 Å². The van der Waals surface area contributed by atoms with Gasteiger partial charge in [0.15, 0.2) is 5.58 Å². The Labute approximate surface area is 181 Å². The highest BCUT2D eigenvalue weighted by molar-refractivity contribution is 5.85. The van der Waals surface area contributed by atoms with Gasteiger partial charge in [0.1, 0.15) is 12.3 Å². The number of phenolic OH excluding ortho intramolecular Hbond substituents is 1. The van der Waals surface area contributed by atoms with Gasteiger partial charge in [-0.05, 0) is 49.4 Å². The van der Waals surface area contributed by atoms with E-state index in [9.17, 15) is 19.8 Å². The number of carbonyl (C=O) groups excluding carboxylic acids is 1. The lowest BCUT2D eigenvalue weighted by molar-refractivity contribution is -0.918. The summed E-state index contributed by atoms with van der Waals surface area (Å²) >= 11 is 0. The molecule has 0 unspecified atom stereocenters. The van der Waals surface area contributed by atoms with Crippen LogP contribution in [0.25, 0.3) is 11.0 Å². The van der Waals surface area contributed by atoms with E-state index >= 15 is 0 Å². The third kappa shape index (κ3) is 5.92. The van der Waals surface area contributed by atoms with E-state index in [0.29, 0.717) is 5.58 Å². The predicted octanol–water partition coefficient (Wildman–Crippen LogP) is 1.46. The molecule has 1 aromatic carbocycles. The summed E-state index contributed by atoms with van der Waals surface area (Å²) in [4.78, 5) is 27.0. The standard InChI is InChI=1S/C18H23NO3.C6H5NO2/c1-2-6-13-11-17(21)22-18-14(13)7-8-16(20)15(18)12-19-9-4-3-5-10-19;8-6(9)5-2-1-3-7-4-5/h7-8,11,20H,2-6,9-10,12H2,1H3;1-4H,(H,8,9). The Morgan fingerprint density at radius 2 is 2.00 bits per heavy atom. The fourth-order valence-electron chi connectivity index (χ4n) is 3.95. The minimum atomic E-state index is -1.19. The molecule has 0 bridgehead atoms. The van der Waals surface area contributed by atoms with Crippen molar-refractivity contribution in [3.63, 3.8) is 0 Å². The largest absolute Gasteiger partial charge is 0.545 e. The maximum atomic E-state index is 11.9. The average molecular weight is 424 g/mol. The van der Waals surface area contributed by atoms with Crippen LogP contribution in [0.4, 0.5) is 0 Å². The Bertz CT molecular complexity index is 1070. The van der Waals surface area contributed by atoms with Gasteiger partial charge < -0.3 is 24.3 Å². The van der Waals surface area contributed by atoms with Crippen LogP contribution in [-0.2, 0) is 13.0 Å². The molecule has 0 radical (unpaired) electrons. The second-order valence-corrected chi connectivity index (χ2v) is 7.80. The van der Waals surface area contributed by atoms with Crippen LogP contribution < -0.4 is 15.6 Å². The second-order valence-electron chi connectivity index (χ2n) is 7.80. The number of nitrogens with zero attached hydrogens (tertiary/aromatic N) is 1. The van der Waals surface area contributed by atoms with Gasteiger partial charge in [0.2, 0.25) is 0 Å². The van der Waals surface area contributed by atoms with Gasteiger partial charge >= 0.3 is 5.63 Å². The smallest absolute Gasteiger partial charge is 0.336 e. The maximum absolute atomic E-state index is 11.9. The van der Waals surface area contributed by atoms with Crippen molar-refractivity contribution >= 4 is 16.9 Å². The molecule has 7 heteroatoms. The van der Waals surface area contributed by atoms with E-state index in [1.54, 1.807) is 18.2 Å². The molecule has 1 fully saturated rings. The normalized spacial score (nSPS) is 14.1. The van der Waals surface area contributed by atoms with Gasteiger partial charge in [-0.3, -0.25) is 4.98 Å². The van der Waals surface area contributed by atoms with Crippen molar-refractivity contribution < 1.29 is 24.3 Å². The lowest BCUT2D eigenvalue weighted by atomic mass is 10.0. The molecule has 0 atom stereocenters. The maximum Gasteiger partial charge on any atom is 0.336 e. The fourth-order valence-corrected chi connectivity index (χ4v) is 3.95. The zero-order valence-electron chi connectivity index (χ0n) is 17.7. The van der Waals surface area contributed by atoms with Crippen LogP contribution in [0.2, 0.25) is 0 Å². The number of quaternary nitrogens is 1. The minimum Gasteiger partial charge on any atom is -0.545 e. The predicted molar refractivity (Wildman–Crippen MR) is 115 cm³/mol. The number of carboxylic acids is 1. The topological polar surface area (TPSA) is 108 Å². The lowest BCUT2D eigenvalue weighted by Gasteiger charge is -2.24. The van der Waals surface area contributed by atoms with E-state index in [0.717, 1.165) is 49.0 Å². The van der Waals surface area contributed by atoms with Gasteiger partial charge in [-0.25, -0.2) is 4.79 Å². The SMILES string of the molecule is CCCc1cc(=O)oc2c(C[NH+]3CCCCC3)c(O)ccc12.O=C([O-])c1cccnc1. The minimum absolute atomic E-state index is 0.109. The van der Waals surface area contributed by atoms with Crippen molar-refractivity contribution in [2.45, 2.75) is 45.6 Å². The van der Waals surface area contributed by atoms with Crippen LogP contribution in [0.15, 0.2) is 51.9 Å². The number of aromatic hydroxyl groups is 1. The van der Waals surface area contributed by atoms with Crippen LogP contribution in [0.1, 0.15) is 54.1 Å². The molecule has 2 N–H and O–H groups in total. The number of phenols is 1. The van der Waals surface area contributed by atoms with Crippen molar-refractivity contribution in [3.8, 4) is 5.75 Å². The van der Waals surface area contributed by atoms with Crippen LogP contribution in [0.5, 0.6) is 5.75 Å². The number of nitrogens with one attached hydrogen (secondary N) is 1. The summed E-state index contributed by atoms with van der Waals surface area (Å²) in [5, 5.41) is 21.3. The molecule has 3 aromatic rings. The Morgan fingerprint density at radius 3 is 2.61 bits per heavy atom. The number of likely N-dealkylation sites (tertiary alicyclic amines) is 1. The number of piperidine rings is 1. The molecule has 1 aliphatic heterocycles. The van der Waals surface area contributed by atoms with Gasteiger partial charge in [0, 0.05) is 29.4 Å². The number of fused-ring (bicyclic) bond motifs is 1. The van der Waals surface area contributed by atoms with Crippen LogP contribution >= 0.6 is 0 Å². The van der Waals surface area contributed by atoms with Gasteiger partial charge in [-0.15, -0.1) is 0 Å². The molecule has 0 spiro atoms. The van der Waals surface area contributed by atoms with Crippen molar-refractivity contribution in [2.75, 3.05) is 13.1 Å². The van der Waals surface area contributed by atoms with Crippen molar-refractivity contribution in [2.24, 2.45) is 0 Å². The Balaban J connectivity index is 0.000000254. The molecule has 1 saturated heterocycles. The highest BCUT2D eigenvalue weighted by atomic mass is 16.4. The van der Waals surface area contributed by atoms with E-state index in [1.807, 2.05) is 6.07 Å². The van der Waals surface area contributed by atoms with Gasteiger partial charge in [-0.2, -0.15) is 0 Å². The summed E-state index contributed by atoms with van der Waals surface area (Å²) in [6, 6.07) is 8.17. The average Bonchev–Trinajstić information content (AvgIpc) is 2.78. The number of rotatable bonds is 5. The summed E-state index contributed by atoms with van der Waals surface area (Å²) in [5.74, 6) is -0.953. The van der Waals surface area contributed by atoms with Crippen LogP contribution in [0, 0.1) is 0 Å². The van der Waals surface area contributed by atoms with Gasteiger partial charge in [-0.1, -0.05) is 19.4 Å². The highest BCUT2D eigenvalue weighted by Gasteiger charge is 2.20. The Morgan fingerprint density at radius 1 is 1.23 bits per heavy atom. The van der Waals surface area contributed by atoms with E-state index < -0.39 is 5.97 Å². The van der Waals surface area contributed by atoms with Crippen LogP contribution in [-0.4, -0.2) is 29.1 Å². The highest BCUT2D eigenvalue weighted by Crippen LogP contribution is 2.28. The first-order valence-electron chi connectivity index (χ1n) is 10.7. The number of carbonyl (C=O) groups is 1. The monoisotopic (exact) mass is 424 g/mol. The molecule has 7 nitrogen and oxygen atoms in total. The van der Waals surface area contributed by atoms with E-state index in [4.69, 9.17) is 4.42 Å². The summed E-state index contributed by atoms with van der Waals surface area (Å²) in [6.07, 6.45) is 8.33. The fraction of sp³-hybridized carbons (Fsp3) is 0.375. The summed E-state index contributed by atoms with van der Waals surface area (Å²) < 4.78 is 5.47. The van der Waals surface area contributed by atoms with Crippen molar-refractivity contribution in [3.05, 3.63) is 69.8 Å². The lowest BCUT2D eigenvalue weighted by Crippen LogP contribution is -3.11. The quantitative estimate of drug-likeness (QED) is 0.601. The number of aromatic nitrogens is 1. The molecular formula is C24H28N2O5. The number of pyridine rings is 1. The zero-order valence-corrected chi connectivity index (χ0v) is 17.7. The number of hydrogen-bond donors (Lipinski definition) is 2. The molecule has 4 rings (SSSR count). The Hall–Kier alpha value is -3.19. The number of aromatic carboxylic acids is 1. The van der Waals surface area contributed by atoms with Crippen molar-refractivity contribution in [1.82, 2.24) is 4.98 Å². The summed E-state index contributed by atoms with van der Waals surface area (Å²) in [7, 11) is 0. The zero-order chi connectivity index (χ0) is 22.2. The molecule has 3 heterocycles. The summed E-state index contributed by atoms with van der Waals surface area (Å²) in [6.45, 7) is 5.06. The van der Waals surface area contributed by atoms with E-state index in [2.05, 4.69) is 11.9 Å².